The maximum absolute atomic E-state index is 12.5. The van der Waals surface area contributed by atoms with Gasteiger partial charge in [-0.3, -0.25) is 14.4 Å². The highest BCUT2D eigenvalue weighted by Crippen LogP contribution is 2.25. The molecule has 196 valence electrons. The number of phenolic OH excluding ortho intramolecular Hbond substituents is 2. The monoisotopic (exact) mass is 519 g/mol. The first-order valence-electron chi connectivity index (χ1n) is 12.1. The summed E-state index contributed by atoms with van der Waals surface area (Å²) in [6.07, 6.45) is 2.81. The van der Waals surface area contributed by atoms with Crippen molar-refractivity contribution in [2.45, 2.75) is 13.5 Å². The molecule has 0 radical (unpaired) electrons. The Morgan fingerprint density at radius 3 is 1.79 bits per heavy atom. The molecular weight excluding hydrogens is 490 g/mol. The highest BCUT2D eigenvalue weighted by molar-refractivity contribution is 6.11. The molecule has 0 bridgehead atoms. The third-order valence-electron chi connectivity index (χ3n) is 5.91. The zero-order chi connectivity index (χ0) is 28.4. The number of rotatable bonds is 8. The summed E-state index contributed by atoms with van der Waals surface area (Å²) in [5, 5.41) is 22.5. The minimum atomic E-state index is -0.289. The van der Waals surface area contributed by atoms with E-state index >= 15 is 0 Å². The molecule has 0 aliphatic heterocycles. The maximum atomic E-state index is 12.5. The lowest BCUT2D eigenvalue weighted by Crippen LogP contribution is -2.20. The van der Waals surface area contributed by atoms with E-state index in [1.807, 2.05) is 19.1 Å². The predicted molar refractivity (Wildman–Crippen MR) is 153 cm³/mol. The van der Waals surface area contributed by atoms with Crippen molar-refractivity contribution in [3.05, 3.63) is 149 Å². The molecule has 4 rings (SSSR count). The van der Waals surface area contributed by atoms with Crippen LogP contribution in [0.2, 0.25) is 0 Å². The Bertz CT molecular complexity index is 1510. The van der Waals surface area contributed by atoms with Crippen molar-refractivity contribution >= 4 is 23.5 Å². The van der Waals surface area contributed by atoms with Gasteiger partial charge < -0.3 is 15.5 Å². The molecule has 0 atom stereocenters. The second-order valence-corrected chi connectivity index (χ2v) is 8.59. The second-order valence-electron chi connectivity index (χ2n) is 8.59. The Hall–Kier alpha value is -5.23. The molecule has 39 heavy (non-hydrogen) atoms. The molecule has 0 aliphatic carbocycles. The number of amides is 1. The standard InChI is InChI=1S/C18H17NO3.C15H12O2/c1-3-17(21)19-11-14-10-15(16(20)9-12(14)2)18(22)13-7-5-4-6-8-13;1-2-11-8-9-13(14(16)10-11)15(17)12-6-4-3-5-7-12/h3-10,20H,1,11H2,2H3,(H,19,21);2-10,16H,1H2. The molecule has 0 spiro atoms. The fraction of sp³-hybridized carbons (Fsp3) is 0.0606. The molecule has 4 aromatic carbocycles. The maximum Gasteiger partial charge on any atom is 0.243 e. The summed E-state index contributed by atoms with van der Waals surface area (Å²) in [6, 6.07) is 25.7. The molecule has 0 fully saturated rings. The molecule has 0 saturated heterocycles. The first-order chi connectivity index (χ1) is 18.7. The number of benzene rings is 4. The number of carbonyl (C=O) groups excluding carboxylic acids is 3. The Labute approximate surface area is 227 Å². The van der Waals surface area contributed by atoms with E-state index in [1.54, 1.807) is 72.8 Å². The molecule has 6 heteroatoms. The lowest BCUT2D eigenvalue weighted by atomic mass is 9.97. The van der Waals surface area contributed by atoms with Gasteiger partial charge in [0.15, 0.2) is 11.6 Å². The number of aryl methyl sites for hydroxylation is 1. The smallest absolute Gasteiger partial charge is 0.243 e. The number of ketones is 2. The topological polar surface area (TPSA) is 104 Å². The van der Waals surface area contributed by atoms with Crippen LogP contribution in [0, 0.1) is 6.92 Å². The number of hydrogen-bond donors (Lipinski definition) is 3. The van der Waals surface area contributed by atoms with Crippen molar-refractivity contribution in [3.8, 4) is 11.5 Å². The minimum absolute atomic E-state index is 0.0174. The van der Waals surface area contributed by atoms with Gasteiger partial charge in [-0.2, -0.15) is 0 Å². The molecule has 4 aromatic rings. The highest BCUT2D eigenvalue weighted by Gasteiger charge is 2.16. The quantitative estimate of drug-likeness (QED) is 0.196. The van der Waals surface area contributed by atoms with Crippen LogP contribution in [0.3, 0.4) is 0 Å². The second kappa shape index (κ2) is 13.4. The van der Waals surface area contributed by atoms with Crippen molar-refractivity contribution in [1.29, 1.82) is 0 Å². The van der Waals surface area contributed by atoms with Crippen LogP contribution in [0.4, 0.5) is 0 Å². The zero-order valence-electron chi connectivity index (χ0n) is 21.6. The first kappa shape index (κ1) is 28.3. The van der Waals surface area contributed by atoms with E-state index in [-0.39, 0.29) is 41.1 Å². The number of carbonyl (C=O) groups is 3. The summed E-state index contributed by atoms with van der Waals surface area (Å²) < 4.78 is 0. The van der Waals surface area contributed by atoms with Crippen molar-refractivity contribution in [1.82, 2.24) is 5.32 Å². The molecule has 0 aromatic heterocycles. The Balaban J connectivity index is 0.000000223. The van der Waals surface area contributed by atoms with E-state index in [4.69, 9.17) is 0 Å². The number of nitrogens with one attached hydrogen (secondary N) is 1. The van der Waals surface area contributed by atoms with Gasteiger partial charge in [-0.25, -0.2) is 0 Å². The largest absolute Gasteiger partial charge is 0.507 e. The summed E-state index contributed by atoms with van der Waals surface area (Å²) in [6.45, 7) is 9.08. The highest BCUT2D eigenvalue weighted by atomic mass is 16.3. The fourth-order valence-electron chi connectivity index (χ4n) is 3.72. The molecule has 3 N–H and O–H groups in total. The van der Waals surface area contributed by atoms with Gasteiger partial charge >= 0.3 is 0 Å². The van der Waals surface area contributed by atoms with Crippen LogP contribution in [-0.4, -0.2) is 27.7 Å². The van der Waals surface area contributed by atoms with E-state index in [1.165, 1.54) is 18.2 Å². The number of hydrogen-bond acceptors (Lipinski definition) is 5. The van der Waals surface area contributed by atoms with E-state index in [0.29, 0.717) is 16.7 Å². The van der Waals surface area contributed by atoms with Crippen molar-refractivity contribution in [3.63, 3.8) is 0 Å². The molecule has 0 heterocycles. The van der Waals surface area contributed by atoms with Crippen LogP contribution in [0.25, 0.3) is 6.08 Å². The first-order valence-corrected chi connectivity index (χ1v) is 12.1. The van der Waals surface area contributed by atoms with Crippen LogP contribution >= 0.6 is 0 Å². The third kappa shape index (κ3) is 7.40. The Morgan fingerprint density at radius 2 is 1.28 bits per heavy atom. The van der Waals surface area contributed by atoms with Gasteiger partial charge in [0, 0.05) is 17.7 Å². The third-order valence-corrected chi connectivity index (χ3v) is 5.91. The van der Waals surface area contributed by atoms with Crippen LogP contribution in [0.1, 0.15) is 48.5 Å². The van der Waals surface area contributed by atoms with E-state index in [0.717, 1.165) is 16.7 Å². The number of phenols is 2. The SMILES string of the molecule is C=CC(=O)NCc1cc(C(=O)c2ccccc2)c(O)cc1C.C=Cc1ccc(C(=O)c2ccccc2)c(O)c1. The lowest BCUT2D eigenvalue weighted by Gasteiger charge is -2.11. The van der Waals surface area contributed by atoms with Crippen LogP contribution in [0.5, 0.6) is 11.5 Å². The summed E-state index contributed by atoms with van der Waals surface area (Å²) in [4.78, 5) is 35.8. The van der Waals surface area contributed by atoms with Gasteiger partial charge in [0.05, 0.1) is 11.1 Å². The summed E-state index contributed by atoms with van der Waals surface area (Å²) in [7, 11) is 0. The predicted octanol–water partition coefficient (Wildman–Crippen LogP) is 6.00. The molecule has 0 unspecified atom stereocenters. The average molecular weight is 520 g/mol. The van der Waals surface area contributed by atoms with Crippen LogP contribution < -0.4 is 5.32 Å². The molecule has 1 amide bonds. The normalized spacial score (nSPS) is 9.97. The van der Waals surface area contributed by atoms with Gasteiger partial charge in [-0.15, -0.1) is 0 Å². The zero-order valence-corrected chi connectivity index (χ0v) is 21.6. The fourth-order valence-corrected chi connectivity index (χ4v) is 3.72. The van der Waals surface area contributed by atoms with Gasteiger partial charge in [-0.05, 0) is 54.0 Å². The molecule has 6 nitrogen and oxygen atoms in total. The van der Waals surface area contributed by atoms with E-state index in [2.05, 4.69) is 18.5 Å². The Morgan fingerprint density at radius 1 is 0.744 bits per heavy atom. The van der Waals surface area contributed by atoms with Crippen molar-refractivity contribution in [2.75, 3.05) is 0 Å². The van der Waals surface area contributed by atoms with Crippen LogP contribution in [0.15, 0.2) is 110 Å². The summed E-state index contributed by atoms with van der Waals surface area (Å²) >= 11 is 0. The Kier molecular flexibility index (Phi) is 9.70. The summed E-state index contributed by atoms with van der Waals surface area (Å²) in [5.41, 5.74) is 3.95. The van der Waals surface area contributed by atoms with Gasteiger partial charge in [0.2, 0.25) is 5.91 Å². The average Bonchev–Trinajstić information content (AvgIpc) is 2.97. The summed E-state index contributed by atoms with van der Waals surface area (Å²) in [5.74, 6) is -0.807. The molecule has 0 aliphatic rings. The van der Waals surface area contributed by atoms with Crippen molar-refractivity contribution in [2.24, 2.45) is 0 Å². The van der Waals surface area contributed by atoms with Crippen molar-refractivity contribution < 1.29 is 24.6 Å². The van der Waals surface area contributed by atoms with Gasteiger partial charge in [0.25, 0.3) is 0 Å². The molecule has 0 saturated carbocycles. The lowest BCUT2D eigenvalue weighted by molar-refractivity contribution is -0.116. The molecular formula is C33H29NO5. The minimum Gasteiger partial charge on any atom is -0.507 e. The van der Waals surface area contributed by atoms with Gasteiger partial charge in [-0.1, -0.05) is 86.0 Å². The van der Waals surface area contributed by atoms with Gasteiger partial charge in [0.1, 0.15) is 11.5 Å². The van der Waals surface area contributed by atoms with E-state index < -0.39 is 0 Å². The number of aromatic hydroxyl groups is 2. The van der Waals surface area contributed by atoms with Crippen LogP contribution in [-0.2, 0) is 11.3 Å². The van der Waals surface area contributed by atoms with E-state index in [9.17, 15) is 24.6 Å².